The first-order valence-electron chi connectivity index (χ1n) is 6.17. The number of rotatable bonds is 7. The van der Waals surface area contributed by atoms with Crippen LogP contribution in [0.15, 0.2) is 27.2 Å². The Labute approximate surface area is 134 Å². The summed E-state index contributed by atoms with van der Waals surface area (Å²) in [6, 6.07) is 3.58. The molecule has 1 N–H and O–H groups in total. The predicted octanol–water partition coefficient (Wildman–Crippen LogP) is 4.07. The maximum atomic E-state index is 10.5. The molecule has 6 heteroatoms. The Morgan fingerprint density at radius 1 is 1.35 bits per heavy atom. The van der Waals surface area contributed by atoms with E-state index in [1.54, 1.807) is 12.1 Å². The molecule has 0 radical (unpaired) electrons. The number of carbonyl (C=O) groups is 1. The third-order valence-corrected chi connectivity index (χ3v) is 3.95. The van der Waals surface area contributed by atoms with Crippen molar-refractivity contribution >= 4 is 43.9 Å². The highest BCUT2D eigenvalue weighted by Gasteiger charge is 2.21. The van der Waals surface area contributed by atoms with E-state index < -0.39 is 5.97 Å². The Kier molecular flexibility index (Phi) is 5.63. The number of hydrogen-bond acceptors (Lipinski definition) is 3. The van der Waals surface area contributed by atoms with Gasteiger partial charge in [-0.3, -0.25) is 0 Å². The average Bonchev–Trinajstić information content (AvgIpc) is 3.18. The fourth-order valence-corrected chi connectivity index (χ4v) is 3.03. The number of benzene rings is 1. The third kappa shape index (κ3) is 4.92. The lowest BCUT2D eigenvalue weighted by Gasteiger charge is -2.11. The summed E-state index contributed by atoms with van der Waals surface area (Å²) in [7, 11) is 0. The van der Waals surface area contributed by atoms with Crippen molar-refractivity contribution in [3.05, 3.63) is 32.7 Å². The molecule has 0 heterocycles. The van der Waals surface area contributed by atoms with Crippen molar-refractivity contribution in [1.29, 1.82) is 0 Å². The summed E-state index contributed by atoms with van der Waals surface area (Å²) >= 11 is 6.81. The fourth-order valence-electron chi connectivity index (χ4n) is 1.58. The Bertz CT molecular complexity index is 501. The second kappa shape index (κ2) is 7.24. The van der Waals surface area contributed by atoms with E-state index in [1.165, 1.54) is 18.9 Å². The van der Waals surface area contributed by atoms with E-state index in [4.69, 9.17) is 14.6 Å². The van der Waals surface area contributed by atoms with E-state index in [-0.39, 0.29) is 6.79 Å². The van der Waals surface area contributed by atoms with Crippen LogP contribution < -0.4 is 4.74 Å². The zero-order valence-electron chi connectivity index (χ0n) is 10.6. The topological polar surface area (TPSA) is 55.8 Å². The molecule has 2 rings (SSSR count). The van der Waals surface area contributed by atoms with Gasteiger partial charge in [0.1, 0.15) is 0 Å². The summed E-state index contributed by atoms with van der Waals surface area (Å²) < 4.78 is 12.5. The van der Waals surface area contributed by atoms with Crippen LogP contribution in [0.25, 0.3) is 6.08 Å². The van der Waals surface area contributed by atoms with Crippen LogP contribution in [0.4, 0.5) is 0 Å². The molecule has 0 atom stereocenters. The molecule has 1 aromatic carbocycles. The minimum Gasteiger partial charge on any atom is -0.478 e. The SMILES string of the molecule is O=C(O)/C=C/c1cc(Br)c(OCOCC2CC2)c(Br)c1. The minimum absolute atomic E-state index is 0.206. The first kappa shape index (κ1) is 15.5. The van der Waals surface area contributed by atoms with Crippen LogP contribution >= 0.6 is 31.9 Å². The molecule has 0 saturated heterocycles. The normalized spacial score (nSPS) is 14.7. The van der Waals surface area contributed by atoms with Crippen molar-refractivity contribution in [3.8, 4) is 5.75 Å². The summed E-state index contributed by atoms with van der Waals surface area (Å²) in [6.45, 7) is 0.951. The van der Waals surface area contributed by atoms with Gasteiger partial charge in [-0.2, -0.15) is 0 Å². The predicted molar refractivity (Wildman–Crippen MR) is 82.7 cm³/mol. The molecule has 1 aliphatic carbocycles. The number of carboxylic acids is 1. The molecule has 1 aromatic rings. The lowest BCUT2D eigenvalue weighted by Crippen LogP contribution is -2.06. The van der Waals surface area contributed by atoms with Gasteiger partial charge >= 0.3 is 5.97 Å². The van der Waals surface area contributed by atoms with Crippen molar-refractivity contribution < 1.29 is 19.4 Å². The van der Waals surface area contributed by atoms with Crippen molar-refractivity contribution in [2.45, 2.75) is 12.8 Å². The van der Waals surface area contributed by atoms with Crippen molar-refractivity contribution in [1.82, 2.24) is 0 Å². The summed E-state index contributed by atoms with van der Waals surface area (Å²) in [5.74, 6) is 0.369. The van der Waals surface area contributed by atoms with E-state index in [0.29, 0.717) is 11.7 Å². The molecule has 1 aliphatic rings. The lowest BCUT2D eigenvalue weighted by atomic mass is 10.2. The summed E-state index contributed by atoms with van der Waals surface area (Å²) in [6.07, 6.45) is 5.11. The van der Waals surface area contributed by atoms with Crippen LogP contribution in [0.5, 0.6) is 5.75 Å². The number of hydrogen-bond donors (Lipinski definition) is 1. The van der Waals surface area contributed by atoms with Gasteiger partial charge in [0, 0.05) is 6.08 Å². The van der Waals surface area contributed by atoms with Crippen molar-refractivity contribution in [2.75, 3.05) is 13.4 Å². The van der Waals surface area contributed by atoms with Gasteiger partial charge in [0.2, 0.25) is 0 Å². The Hall–Kier alpha value is -0.850. The maximum Gasteiger partial charge on any atom is 0.328 e. The third-order valence-electron chi connectivity index (χ3n) is 2.78. The average molecular weight is 406 g/mol. The number of halogens is 2. The van der Waals surface area contributed by atoms with Gasteiger partial charge in [-0.05, 0) is 74.4 Å². The van der Waals surface area contributed by atoms with E-state index in [1.807, 2.05) is 0 Å². The fraction of sp³-hybridized carbons (Fsp3) is 0.357. The van der Waals surface area contributed by atoms with Crippen LogP contribution in [-0.2, 0) is 9.53 Å². The zero-order valence-corrected chi connectivity index (χ0v) is 13.8. The first-order chi connectivity index (χ1) is 9.56. The standard InChI is InChI=1S/C14H14Br2O4/c15-11-5-10(3-4-13(17)18)6-12(16)14(11)20-8-19-7-9-1-2-9/h3-6,9H,1-2,7-8H2,(H,17,18)/b4-3+. The van der Waals surface area contributed by atoms with Gasteiger partial charge in [0.05, 0.1) is 15.6 Å². The van der Waals surface area contributed by atoms with E-state index in [9.17, 15) is 4.79 Å². The molecule has 0 amide bonds. The first-order valence-corrected chi connectivity index (χ1v) is 7.75. The van der Waals surface area contributed by atoms with Gasteiger partial charge in [-0.25, -0.2) is 4.79 Å². The molecule has 0 aromatic heterocycles. The largest absolute Gasteiger partial charge is 0.478 e. The highest BCUT2D eigenvalue weighted by Crippen LogP contribution is 2.35. The van der Waals surface area contributed by atoms with Crippen molar-refractivity contribution in [3.63, 3.8) is 0 Å². The summed E-state index contributed by atoms with van der Waals surface area (Å²) in [4.78, 5) is 10.5. The monoisotopic (exact) mass is 404 g/mol. The molecule has 20 heavy (non-hydrogen) atoms. The highest BCUT2D eigenvalue weighted by atomic mass is 79.9. The summed E-state index contributed by atoms with van der Waals surface area (Å²) in [5, 5.41) is 8.61. The maximum absolute atomic E-state index is 10.5. The number of aliphatic carboxylic acids is 1. The molecule has 1 saturated carbocycles. The van der Waals surface area contributed by atoms with Crippen LogP contribution in [-0.4, -0.2) is 24.5 Å². The molecule has 108 valence electrons. The Balaban J connectivity index is 1.96. The number of carboxylic acid groups (broad SMARTS) is 1. The van der Waals surface area contributed by atoms with Gasteiger partial charge in [-0.15, -0.1) is 0 Å². The van der Waals surface area contributed by atoms with E-state index in [2.05, 4.69) is 31.9 Å². The Morgan fingerprint density at radius 3 is 2.55 bits per heavy atom. The minimum atomic E-state index is -0.981. The van der Waals surface area contributed by atoms with Crippen LogP contribution in [0, 0.1) is 5.92 Å². The van der Waals surface area contributed by atoms with Crippen molar-refractivity contribution in [2.24, 2.45) is 5.92 Å². The van der Waals surface area contributed by atoms with Gasteiger partial charge < -0.3 is 14.6 Å². The summed E-state index contributed by atoms with van der Waals surface area (Å²) in [5.41, 5.74) is 0.761. The smallest absolute Gasteiger partial charge is 0.328 e. The van der Waals surface area contributed by atoms with E-state index in [0.717, 1.165) is 27.2 Å². The second-order valence-corrected chi connectivity index (χ2v) is 6.27. The zero-order chi connectivity index (χ0) is 14.5. The molecule has 0 aliphatic heterocycles. The quantitative estimate of drug-likeness (QED) is 0.422. The van der Waals surface area contributed by atoms with Gasteiger partial charge in [-0.1, -0.05) is 0 Å². The van der Waals surface area contributed by atoms with Gasteiger partial charge in [0.25, 0.3) is 0 Å². The lowest BCUT2D eigenvalue weighted by molar-refractivity contribution is -0.131. The van der Waals surface area contributed by atoms with Crippen LogP contribution in [0.2, 0.25) is 0 Å². The second-order valence-electron chi connectivity index (χ2n) is 4.56. The van der Waals surface area contributed by atoms with Crippen LogP contribution in [0.1, 0.15) is 18.4 Å². The highest BCUT2D eigenvalue weighted by molar-refractivity contribution is 9.11. The molecule has 4 nitrogen and oxygen atoms in total. The molecule has 1 fully saturated rings. The van der Waals surface area contributed by atoms with Gasteiger partial charge in [0.15, 0.2) is 12.5 Å². The molecule has 0 bridgehead atoms. The molecular weight excluding hydrogens is 392 g/mol. The molecule has 0 unspecified atom stereocenters. The number of ether oxygens (including phenoxy) is 2. The molecular formula is C14H14Br2O4. The molecule has 0 spiro atoms. The Morgan fingerprint density at radius 2 is 2.00 bits per heavy atom. The van der Waals surface area contributed by atoms with Crippen LogP contribution in [0.3, 0.4) is 0 Å². The van der Waals surface area contributed by atoms with E-state index >= 15 is 0 Å².